The van der Waals surface area contributed by atoms with E-state index in [0.29, 0.717) is 6.54 Å². The lowest BCUT2D eigenvalue weighted by Crippen LogP contribution is -2.40. The van der Waals surface area contributed by atoms with Crippen LogP contribution < -0.4 is 21.3 Å². The number of amides is 1. The minimum atomic E-state index is -0.469. The molecule has 0 atom stereocenters. The number of aliphatic imine (C=N–C) groups is 1. The minimum absolute atomic E-state index is 0. The molecule has 27 heavy (non-hydrogen) atoms. The summed E-state index contributed by atoms with van der Waals surface area (Å²) in [6.45, 7) is 8.54. The molecule has 1 rings (SSSR count). The van der Waals surface area contributed by atoms with E-state index in [1.165, 1.54) is 0 Å². The molecule has 0 aliphatic heterocycles. The highest BCUT2D eigenvalue weighted by atomic mass is 127. The first-order valence-electron chi connectivity index (χ1n) is 9.11. The lowest BCUT2D eigenvalue weighted by atomic mass is 10.2. The van der Waals surface area contributed by atoms with E-state index in [9.17, 15) is 4.79 Å². The molecule has 0 saturated heterocycles. The van der Waals surface area contributed by atoms with Crippen LogP contribution >= 0.6 is 24.0 Å². The molecule has 154 valence electrons. The van der Waals surface area contributed by atoms with Crippen LogP contribution in [-0.4, -0.2) is 50.9 Å². The molecule has 0 bridgehead atoms. The Morgan fingerprint density at radius 1 is 0.963 bits per heavy atom. The van der Waals surface area contributed by atoms with Crippen LogP contribution in [0.2, 0.25) is 0 Å². The summed E-state index contributed by atoms with van der Waals surface area (Å²) in [7, 11) is 1.75. The van der Waals surface area contributed by atoms with Crippen LogP contribution in [0.1, 0.15) is 33.6 Å². The summed E-state index contributed by atoms with van der Waals surface area (Å²) in [6, 6.07) is 10.2. The molecule has 0 aromatic heterocycles. The zero-order valence-corrected chi connectivity index (χ0v) is 19.1. The Morgan fingerprint density at radius 2 is 1.52 bits per heavy atom. The number of halogens is 1. The van der Waals surface area contributed by atoms with E-state index < -0.39 is 5.60 Å². The zero-order chi connectivity index (χ0) is 19.3. The standard InChI is InChI=1S/C19H33N5O2.HI/c1-19(2,3)26-18(25)24-15-9-14-23-17(20-4)22-13-8-12-21-16-10-6-5-7-11-16;/h5-7,10-11,21H,8-9,12-15H2,1-4H3,(H,24,25)(H2,20,22,23);1H. The topological polar surface area (TPSA) is 86.8 Å². The third-order valence-corrected chi connectivity index (χ3v) is 3.29. The van der Waals surface area contributed by atoms with Gasteiger partial charge in [-0.15, -0.1) is 24.0 Å². The van der Waals surface area contributed by atoms with E-state index in [4.69, 9.17) is 4.74 Å². The maximum atomic E-state index is 11.5. The smallest absolute Gasteiger partial charge is 0.407 e. The molecule has 0 aliphatic rings. The Bertz CT molecular complexity index is 547. The molecule has 0 radical (unpaired) electrons. The third-order valence-electron chi connectivity index (χ3n) is 3.29. The predicted molar refractivity (Wildman–Crippen MR) is 123 cm³/mol. The highest BCUT2D eigenvalue weighted by Crippen LogP contribution is 2.06. The van der Waals surface area contributed by atoms with Gasteiger partial charge in [0.25, 0.3) is 0 Å². The maximum Gasteiger partial charge on any atom is 0.407 e. The van der Waals surface area contributed by atoms with Gasteiger partial charge in [0.05, 0.1) is 0 Å². The van der Waals surface area contributed by atoms with E-state index in [1.807, 2.05) is 39.0 Å². The van der Waals surface area contributed by atoms with Crippen molar-refractivity contribution in [2.45, 2.75) is 39.2 Å². The average Bonchev–Trinajstić information content (AvgIpc) is 2.58. The molecular formula is C19H34IN5O2. The lowest BCUT2D eigenvalue weighted by molar-refractivity contribution is 0.0527. The van der Waals surface area contributed by atoms with Crippen LogP contribution in [0.5, 0.6) is 0 Å². The summed E-state index contributed by atoms with van der Waals surface area (Å²) in [6.07, 6.45) is 1.39. The van der Waals surface area contributed by atoms with E-state index in [0.717, 1.165) is 44.1 Å². The fourth-order valence-electron chi connectivity index (χ4n) is 2.10. The van der Waals surface area contributed by atoms with Gasteiger partial charge in [-0.3, -0.25) is 4.99 Å². The SMILES string of the molecule is CN=C(NCCCNC(=O)OC(C)(C)C)NCCCNc1ccccc1.I. The number of carbonyl (C=O) groups is 1. The number of hydrogen-bond acceptors (Lipinski definition) is 4. The van der Waals surface area contributed by atoms with Crippen molar-refractivity contribution in [1.29, 1.82) is 0 Å². The number of ether oxygens (including phenoxy) is 1. The van der Waals surface area contributed by atoms with Crippen molar-refractivity contribution in [2.24, 2.45) is 4.99 Å². The zero-order valence-electron chi connectivity index (χ0n) is 16.8. The summed E-state index contributed by atoms with van der Waals surface area (Å²) >= 11 is 0. The molecule has 1 aromatic carbocycles. The molecule has 0 saturated carbocycles. The molecular weight excluding hydrogens is 457 g/mol. The van der Waals surface area contributed by atoms with Gasteiger partial charge in [-0.2, -0.15) is 0 Å². The molecule has 0 unspecified atom stereocenters. The van der Waals surface area contributed by atoms with Crippen molar-refractivity contribution in [2.75, 3.05) is 38.5 Å². The minimum Gasteiger partial charge on any atom is -0.444 e. The molecule has 1 aromatic rings. The summed E-state index contributed by atoms with van der Waals surface area (Å²) in [5.41, 5.74) is 0.663. The van der Waals surface area contributed by atoms with Crippen molar-refractivity contribution in [3.05, 3.63) is 30.3 Å². The van der Waals surface area contributed by atoms with Crippen LogP contribution in [0, 0.1) is 0 Å². The Kier molecular flexibility index (Phi) is 13.5. The van der Waals surface area contributed by atoms with Gasteiger partial charge in [0.1, 0.15) is 5.60 Å². The fourth-order valence-corrected chi connectivity index (χ4v) is 2.10. The highest BCUT2D eigenvalue weighted by molar-refractivity contribution is 14.0. The van der Waals surface area contributed by atoms with Gasteiger partial charge in [0, 0.05) is 38.9 Å². The van der Waals surface area contributed by atoms with Crippen LogP contribution in [-0.2, 0) is 4.74 Å². The molecule has 8 heteroatoms. The Morgan fingerprint density at radius 3 is 2.07 bits per heavy atom. The third kappa shape index (κ3) is 14.1. The van der Waals surface area contributed by atoms with E-state index in [2.05, 4.69) is 38.4 Å². The lowest BCUT2D eigenvalue weighted by Gasteiger charge is -2.19. The van der Waals surface area contributed by atoms with Gasteiger partial charge < -0.3 is 26.0 Å². The molecule has 7 nitrogen and oxygen atoms in total. The van der Waals surface area contributed by atoms with Crippen LogP contribution in [0.4, 0.5) is 10.5 Å². The van der Waals surface area contributed by atoms with Crippen molar-refractivity contribution in [3.63, 3.8) is 0 Å². The van der Waals surface area contributed by atoms with Gasteiger partial charge in [-0.25, -0.2) is 4.79 Å². The average molecular weight is 491 g/mol. The second-order valence-corrected chi connectivity index (χ2v) is 6.85. The van der Waals surface area contributed by atoms with Crippen LogP contribution in [0.3, 0.4) is 0 Å². The van der Waals surface area contributed by atoms with Gasteiger partial charge in [-0.1, -0.05) is 18.2 Å². The number of carbonyl (C=O) groups excluding carboxylic acids is 1. The van der Waals surface area contributed by atoms with Gasteiger partial charge in [-0.05, 0) is 45.7 Å². The Hall–Kier alpha value is -1.71. The number of rotatable bonds is 9. The number of para-hydroxylation sites is 1. The second-order valence-electron chi connectivity index (χ2n) is 6.85. The first kappa shape index (κ1) is 25.3. The number of anilines is 1. The largest absolute Gasteiger partial charge is 0.444 e. The van der Waals surface area contributed by atoms with Crippen molar-refractivity contribution in [1.82, 2.24) is 16.0 Å². The van der Waals surface area contributed by atoms with Gasteiger partial charge >= 0.3 is 6.09 Å². The first-order chi connectivity index (χ1) is 12.4. The quantitative estimate of drug-likeness (QED) is 0.185. The van der Waals surface area contributed by atoms with Crippen molar-refractivity contribution in [3.8, 4) is 0 Å². The van der Waals surface area contributed by atoms with E-state index in [1.54, 1.807) is 7.05 Å². The first-order valence-corrected chi connectivity index (χ1v) is 9.11. The Labute approximate surface area is 180 Å². The van der Waals surface area contributed by atoms with Crippen LogP contribution in [0.25, 0.3) is 0 Å². The van der Waals surface area contributed by atoms with Gasteiger partial charge in [0.15, 0.2) is 5.96 Å². The summed E-state index contributed by atoms with van der Waals surface area (Å²) in [5, 5.41) is 12.6. The Balaban J connectivity index is 0.00000676. The summed E-state index contributed by atoms with van der Waals surface area (Å²) in [5.74, 6) is 0.766. The number of nitrogens with zero attached hydrogens (tertiary/aromatic N) is 1. The summed E-state index contributed by atoms with van der Waals surface area (Å²) < 4.78 is 5.18. The van der Waals surface area contributed by atoms with E-state index in [-0.39, 0.29) is 30.1 Å². The number of nitrogens with one attached hydrogen (secondary N) is 4. The normalized spacial score (nSPS) is 11.2. The number of guanidine groups is 1. The van der Waals surface area contributed by atoms with Crippen molar-refractivity contribution < 1.29 is 9.53 Å². The van der Waals surface area contributed by atoms with E-state index >= 15 is 0 Å². The summed E-state index contributed by atoms with van der Waals surface area (Å²) in [4.78, 5) is 15.7. The fraction of sp³-hybridized carbons (Fsp3) is 0.579. The number of benzene rings is 1. The molecule has 0 heterocycles. The van der Waals surface area contributed by atoms with Gasteiger partial charge in [0.2, 0.25) is 0 Å². The molecule has 0 spiro atoms. The highest BCUT2D eigenvalue weighted by Gasteiger charge is 2.15. The predicted octanol–water partition coefficient (Wildman–Crippen LogP) is 3.19. The molecule has 0 aliphatic carbocycles. The van der Waals surface area contributed by atoms with Crippen LogP contribution in [0.15, 0.2) is 35.3 Å². The number of alkyl carbamates (subject to hydrolysis) is 1. The second kappa shape index (κ2) is 14.4. The number of hydrogen-bond donors (Lipinski definition) is 4. The van der Waals surface area contributed by atoms with Crippen molar-refractivity contribution >= 4 is 41.7 Å². The molecule has 4 N–H and O–H groups in total. The molecule has 1 amide bonds. The molecule has 0 fully saturated rings. The monoisotopic (exact) mass is 491 g/mol. The maximum absolute atomic E-state index is 11.5.